The van der Waals surface area contributed by atoms with Crippen molar-refractivity contribution in [1.29, 1.82) is 0 Å². The molecule has 0 saturated heterocycles. The van der Waals surface area contributed by atoms with Crippen molar-refractivity contribution in [3.05, 3.63) is 18.0 Å². The van der Waals surface area contributed by atoms with Gasteiger partial charge in [0.1, 0.15) is 17.1 Å². The molecule has 1 aromatic rings. The van der Waals surface area contributed by atoms with Crippen LogP contribution in [0.4, 0.5) is 13.2 Å². The van der Waals surface area contributed by atoms with Gasteiger partial charge in [0, 0.05) is 12.2 Å². The number of nitrogens with zero attached hydrogens (tertiary/aromatic N) is 1. The van der Waals surface area contributed by atoms with Crippen molar-refractivity contribution in [3.8, 4) is 0 Å². The molecule has 114 valence electrons. The number of sulfonamides is 1. The Balaban J connectivity index is 3.10. The van der Waals surface area contributed by atoms with Crippen LogP contribution in [0.3, 0.4) is 0 Å². The summed E-state index contributed by atoms with van der Waals surface area (Å²) in [5, 5.41) is 6.61. The first-order valence-corrected chi connectivity index (χ1v) is 7.06. The molecule has 1 rings (SSSR count). The Morgan fingerprint density at radius 1 is 1.45 bits per heavy atom. The standard InChI is InChI=1S/C10H14F3N3O3S/c1-6(2)16-4-7(20(14,18)19)3-8(16)9(17)15-5-10(11,12)13/h3-4,6H,5H2,1-2H3,(H,15,17)(H2,14,18,19). The lowest BCUT2D eigenvalue weighted by atomic mass is 10.3. The average molecular weight is 313 g/mol. The van der Waals surface area contributed by atoms with E-state index in [0.29, 0.717) is 0 Å². The van der Waals surface area contributed by atoms with E-state index in [9.17, 15) is 26.4 Å². The van der Waals surface area contributed by atoms with Crippen molar-refractivity contribution < 1.29 is 26.4 Å². The number of nitrogens with one attached hydrogen (secondary N) is 1. The molecule has 1 amide bonds. The Morgan fingerprint density at radius 2 is 2.00 bits per heavy atom. The highest BCUT2D eigenvalue weighted by Crippen LogP contribution is 2.19. The molecule has 0 atom stereocenters. The van der Waals surface area contributed by atoms with Gasteiger partial charge in [-0.2, -0.15) is 13.2 Å². The second-order valence-electron chi connectivity index (χ2n) is 4.40. The lowest BCUT2D eigenvalue weighted by molar-refractivity contribution is -0.123. The van der Waals surface area contributed by atoms with Gasteiger partial charge in [-0.15, -0.1) is 0 Å². The van der Waals surface area contributed by atoms with E-state index in [1.165, 1.54) is 4.57 Å². The van der Waals surface area contributed by atoms with Gasteiger partial charge < -0.3 is 9.88 Å². The minimum absolute atomic E-state index is 0.201. The number of hydrogen-bond donors (Lipinski definition) is 2. The highest BCUT2D eigenvalue weighted by atomic mass is 32.2. The number of alkyl halides is 3. The maximum Gasteiger partial charge on any atom is 0.405 e. The first kappa shape index (κ1) is 16.5. The minimum atomic E-state index is -4.55. The van der Waals surface area contributed by atoms with Gasteiger partial charge in [0.25, 0.3) is 5.91 Å². The molecule has 0 aromatic carbocycles. The molecule has 20 heavy (non-hydrogen) atoms. The molecular weight excluding hydrogens is 299 g/mol. The topological polar surface area (TPSA) is 94.2 Å². The van der Waals surface area contributed by atoms with Crippen LogP contribution in [0.25, 0.3) is 0 Å². The first-order valence-electron chi connectivity index (χ1n) is 5.51. The zero-order valence-electron chi connectivity index (χ0n) is 10.7. The molecular formula is C10H14F3N3O3S. The zero-order valence-corrected chi connectivity index (χ0v) is 11.5. The van der Waals surface area contributed by atoms with Gasteiger partial charge in [0.2, 0.25) is 10.0 Å². The highest BCUT2D eigenvalue weighted by molar-refractivity contribution is 7.89. The predicted molar refractivity (Wildman–Crippen MR) is 64.6 cm³/mol. The Bertz CT molecular complexity index is 605. The Kier molecular flexibility index (Phi) is 4.49. The normalized spacial score (nSPS) is 12.8. The van der Waals surface area contributed by atoms with E-state index in [0.717, 1.165) is 12.3 Å². The summed E-state index contributed by atoms with van der Waals surface area (Å²) < 4.78 is 59.8. The van der Waals surface area contributed by atoms with Crippen LogP contribution in [0.2, 0.25) is 0 Å². The van der Waals surface area contributed by atoms with Gasteiger partial charge in [-0.3, -0.25) is 4.79 Å². The molecule has 0 aliphatic heterocycles. The van der Waals surface area contributed by atoms with Crippen LogP contribution in [0.15, 0.2) is 17.2 Å². The van der Waals surface area contributed by atoms with Crippen molar-refractivity contribution in [2.45, 2.75) is 31.0 Å². The van der Waals surface area contributed by atoms with Crippen LogP contribution in [-0.4, -0.2) is 31.6 Å². The van der Waals surface area contributed by atoms with Gasteiger partial charge in [0.15, 0.2) is 0 Å². The predicted octanol–water partition coefficient (Wildman–Crippen LogP) is 1.01. The number of aromatic nitrogens is 1. The van der Waals surface area contributed by atoms with Crippen LogP contribution in [-0.2, 0) is 10.0 Å². The minimum Gasteiger partial charge on any atom is -0.342 e. The molecule has 0 radical (unpaired) electrons. The second kappa shape index (κ2) is 5.44. The van der Waals surface area contributed by atoms with Crippen LogP contribution >= 0.6 is 0 Å². The monoisotopic (exact) mass is 313 g/mol. The summed E-state index contributed by atoms with van der Waals surface area (Å²) in [7, 11) is -4.04. The fourth-order valence-electron chi connectivity index (χ4n) is 1.49. The molecule has 0 aliphatic rings. The second-order valence-corrected chi connectivity index (χ2v) is 5.97. The van der Waals surface area contributed by atoms with E-state index in [-0.39, 0.29) is 16.6 Å². The maximum atomic E-state index is 12.0. The molecule has 1 heterocycles. The Labute approximate surface area is 113 Å². The Morgan fingerprint density at radius 3 is 2.40 bits per heavy atom. The van der Waals surface area contributed by atoms with E-state index >= 15 is 0 Å². The van der Waals surface area contributed by atoms with E-state index in [1.807, 2.05) is 0 Å². The maximum absolute atomic E-state index is 12.0. The quantitative estimate of drug-likeness (QED) is 0.868. The van der Waals surface area contributed by atoms with Gasteiger partial charge in [0.05, 0.1) is 0 Å². The molecule has 0 saturated carbocycles. The van der Waals surface area contributed by atoms with Crippen molar-refractivity contribution in [2.75, 3.05) is 6.54 Å². The van der Waals surface area contributed by atoms with E-state index < -0.39 is 28.7 Å². The third-order valence-electron chi connectivity index (χ3n) is 2.39. The third kappa shape index (κ3) is 4.23. The van der Waals surface area contributed by atoms with Crippen molar-refractivity contribution in [2.24, 2.45) is 5.14 Å². The lowest BCUT2D eigenvalue weighted by Crippen LogP contribution is -2.34. The summed E-state index contributed by atoms with van der Waals surface area (Å²) >= 11 is 0. The SMILES string of the molecule is CC(C)n1cc(S(N)(=O)=O)cc1C(=O)NCC(F)(F)F. The van der Waals surface area contributed by atoms with Gasteiger partial charge in [-0.1, -0.05) is 0 Å². The van der Waals surface area contributed by atoms with Crippen LogP contribution < -0.4 is 10.5 Å². The number of nitrogens with two attached hydrogens (primary N) is 1. The number of hydrogen-bond acceptors (Lipinski definition) is 3. The molecule has 0 unspecified atom stereocenters. The molecule has 3 N–H and O–H groups in total. The van der Waals surface area contributed by atoms with E-state index in [4.69, 9.17) is 5.14 Å². The number of rotatable bonds is 4. The molecule has 0 aliphatic carbocycles. The zero-order chi connectivity index (χ0) is 15.7. The van der Waals surface area contributed by atoms with Crippen LogP contribution in [0, 0.1) is 0 Å². The van der Waals surface area contributed by atoms with Crippen molar-refractivity contribution >= 4 is 15.9 Å². The van der Waals surface area contributed by atoms with Crippen molar-refractivity contribution in [3.63, 3.8) is 0 Å². The van der Waals surface area contributed by atoms with Crippen LogP contribution in [0.5, 0.6) is 0 Å². The van der Waals surface area contributed by atoms with Crippen molar-refractivity contribution in [1.82, 2.24) is 9.88 Å². The van der Waals surface area contributed by atoms with Gasteiger partial charge in [-0.05, 0) is 19.9 Å². The Hall–Kier alpha value is -1.55. The number of carbonyl (C=O) groups excluding carboxylic acids is 1. The molecule has 1 aromatic heterocycles. The summed E-state index contributed by atoms with van der Waals surface area (Å²) in [6.45, 7) is 1.79. The summed E-state index contributed by atoms with van der Waals surface area (Å²) in [6, 6.07) is 0.623. The molecule has 10 heteroatoms. The summed E-state index contributed by atoms with van der Waals surface area (Å²) in [6.07, 6.45) is -3.43. The lowest BCUT2D eigenvalue weighted by Gasteiger charge is -2.13. The molecule has 0 fully saturated rings. The van der Waals surface area contributed by atoms with Gasteiger partial charge in [-0.25, -0.2) is 13.6 Å². The summed E-state index contributed by atoms with van der Waals surface area (Å²) in [5.41, 5.74) is -0.201. The molecule has 0 spiro atoms. The smallest absolute Gasteiger partial charge is 0.342 e. The number of primary sulfonamides is 1. The first-order chi connectivity index (χ1) is 8.92. The van der Waals surface area contributed by atoms with Gasteiger partial charge >= 0.3 is 6.18 Å². The fourth-order valence-corrected chi connectivity index (χ4v) is 2.03. The summed E-state index contributed by atoms with van der Waals surface area (Å²) in [5.74, 6) is -1.02. The third-order valence-corrected chi connectivity index (χ3v) is 3.27. The van der Waals surface area contributed by atoms with E-state index in [2.05, 4.69) is 0 Å². The molecule has 0 bridgehead atoms. The largest absolute Gasteiger partial charge is 0.405 e. The number of halogens is 3. The summed E-state index contributed by atoms with van der Waals surface area (Å²) in [4.78, 5) is 11.4. The molecule has 6 nitrogen and oxygen atoms in total. The number of amides is 1. The fraction of sp³-hybridized carbons (Fsp3) is 0.500. The van der Waals surface area contributed by atoms with Crippen LogP contribution in [0.1, 0.15) is 30.4 Å². The average Bonchev–Trinajstić information content (AvgIpc) is 2.69. The van der Waals surface area contributed by atoms with E-state index in [1.54, 1.807) is 19.2 Å². The number of carbonyl (C=O) groups is 1. The highest BCUT2D eigenvalue weighted by Gasteiger charge is 2.29.